The third-order valence-corrected chi connectivity index (χ3v) is 4.75. The fourth-order valence-corrected chi connectivity index (χ4v) is 3.33. The maximum Gasteiger partial charge on any atom is 0.139 e. The topological polar surface area (TPSA) is 17.1 Å². The van der Waals surface area contributed by atoms with Crippen molar-refractivity contribution in [2.24, 2.45) is 17.3 Å². The van der Waals surface area contributed by atoms with Crippen LogP contribution in [0.3, 0.4) is 0 Å². The van der Waals surface area contributed by atoms with E-state index in [0.29, 0.717) is 17.6 Å². The molecule has 1 heteroatoms. The van der Waals surface area contributed by atoms with E-state index in [1.54, 1.807) is 0 Å². The average molecular weight is 210 g/mol. The van der Waals surface area contributed by atoms with E-state index in [4.69, 9.17) is 0 Å². The summed E-state index contributed by atoms with van der Waals surface area (Å²) in [6.07, 6.45) is 6.60. The number of Topliss-reactive ketones (excluding diaryl/α,β-unsaturated/α-hetero) is 1. The van der Waals surface area contributed by atoms with Gasteiger partial charge in [0.25, 0.3) is 0 Å². The minimum atomic E-state index is 0.0156. The molecule has 0 N–H and O–H groups in total. The maximum atomic E-state index is 12.3. The number of hydrogen-bond acceptors (Lipinski definition) is 1. The van der Waals surface area contributed by atoms with E-state index in [-0.39, 0.29) is 5.41 Å². The van der Waals surface area contributed by atoms with Gasteiger partial charge in [-0.3, -0.25) is 4.79 Å². The van der Waals surface area contributed by atoms with E-state index in [0.717, 1.165) is 32.1 Å². The summed E-state index contributed by atoms with van der Waals surface area (Å²) >= 11 is 0. The average Bonchev–Trinajstić information content (AvgIpc) is 2.28. The van der Waals surface area contributed by atoms with E-state index in [2.05, 4.69) is 27.7 Å². The van der Waals surface area contributed by atoms with Gasteiger partial charge in [-0.15, -0.1) is 0 Å². The van der Waals surface area contributed by atoms with Gasteiger partial charge in [0.05, 0.1) is 0 Å². The lowest BCUT2D eigenvalue weighted by Crippen LogP contribution is -2.44. The number of ketones is 1. The van der Waals surface area contributed by atoms with E-state index >= 15 is 0 Å². The summed E-state index contributed by atoms with van der Waals surface area (Å²) in [7, 11) is 0. The van der Waals surface area contributed by atoms with Gasteiger partial charge in [0.1, 0.15) is 5.78 Å². The van der Waals surface area contributed by atoms with Crippen molar-refractivity contribution in [3.8, 4) is 0 Å². The van der Waals surface area contributed by atoms with Gasteiger partial charge in [-0.1, -0.05) is 47.0 Å². The summed E-state index contributed by atoms with van der Waals surface area (Å²) < 4.78 is 0. The molecule has 15 heavy (non-hydrogen) atoms. The Hall–Kier alpha value is -0.330. The normalized spacial score (nSPS) is 31.3. The Morgan fingerprint density at radius 3 is 2.07 bits per heavy atom. The number of carbonyl (C=O) groups is 1. The van der Waals surface area contributed by atoms with Crippen LogP contribution < -0.4 is 0 Å². The van der Waals surface area contributed by atoms with Crippen LogP contribution in [0.1, 0.15) is 66.2 Å². The first kappa shape index (κ1) is 12.7. The van der Waals surface area contributed by atoms with Crippen LogP contribution in [0.25, 0.3) is 0 Å². The zero-order chi connectivity index (χ0) is 11.5. The lowest BCUT2D eigenvalue weighted by molar-refractivity contribution is -0.139. The highest BCUT2D eigenvalue weighted by Crippen LogP contribution is 2.48. The van der Waals surface area contributed by atoms with Gasteiger partial charge in [-0.25, -0.2) is 0 Å². The second-order valence-electron chi connectivity index (χ2n) is 5.29. The van der Waals surface area contributed by atoms with Crippen molar-refractivity contribution in [3.63, 3.8) is 0 Å². The molecule has 1 rings (SSSR count). The van der Waals surface area contributed by atoms with Crippen molar-refractivity contribution >= 4 is 5.78 Å². The van der Waals surface area contributed by atoms with E-state index < -0.39 is 0 Å². The molecule has 1 aliphatic carbocycles. The van der Waals surface area contributed by atoms with Gasteiger partial charge in [-0.2, -0.15) is 0 Å². The van der Waals surface area contributed by atoms with Crippen molar-refractivity contribution in [1.82, 2.24) is 0 Å². The van der Waals surface area contributed by atoms with Crippen molar-refractivity contribution in [2.45, 2.75) is 66.2 Å². The Bertz CT molecular complexity index is 209. The molecule has 1 aliphatic rings. The highest BCUT2D eigenvalue weighted by molar-refractivity contribution is 5.86. The molecule has 0 aromatic rings. The Labute approximate surface area is 94.6 Å². The quantitative estimate of drug-likeness (QED) is 0.679. The molecule has 0 spiro atoms. The van der Waals surface area contributed by atoms with Crippen LogP contribution in [0, 0.1) is 17.3 Å². The van der Waals surface area contributed by atoms with Crippen LogP contribution in [0.5, 0.6) is 0 Å². The van der Waals surface area contributed by atoms with Crippen LogP contribution in [-0.4, -0.2) is 5.78 Å². The summed E-state index contributed by atoms with van der Waals surface area (Å²) in [6.45, 7) is 8.98. The van der Waals surface area contributed by atoms with Crippen LogP contribution in [0.15, 0.2) is 0 Å². The summed E-state index contributed by atoms with van der Waals surface area (Å²) in [5, 5.41) is 0. The molecule has 88 valence electrons. The molecule has 0 heterocycles. The van der Waals surface area contributed by atoms with E-state index in [9.17, 15) is 4.79 Å². The Balaban J connectivity index is 2.97. The molecule has 2 atom stereocenters. The van der Waals surface area contributed by atoms with Gasteiger partial charge in [0.15, 0.2) is 0 Å². The van der Waals surface area contributed by atoms with Crippen LogP contribution >= 0.6 is 0 Å². The minimum absolute atomic E-state index is 0.0156. The zero-order valence-electron chi connectivity index (χ0n) is 10.8. The highest BCUT2D eigenvalue weighted by atomic mass is 16.1. The van der Waals surface area contributed by atoms with E-state index in [1.165, 1.54) is 6.42 Å². The monoisotopic (exact) mass is 210 g/mol. The van der Waals surface area contributed by atoms with E-state index in [1.807, 2.05) is 0 Å². The molecule has 0 amide bonds. The van der Waals surface area contributed by atoms with Gasteiger partial charge in [0, 0.05) is 11.8 Å². The van der Waals surface area contributed by atoms with Gasteiger partial charge >= 0.3 is 0 Å². The minimum Gasteiger partial charge on any atom is -0.299 e. The largest absolute Gasteiger partial charge is 0.299 e. The van der Waals surface area contributed by atoms with Gasteiger partial charge in [0.2, 0.25) is 0 Å². The smallest absolute Gasteiger partial charge is 0.139 e. The van der Waals surface area contributed by atoms with Crippen molar-refractivity contribution < 1.29 is 4.79 Å². The molecule has 0 aliphatic heterocycles. The molecule has 0 bridgehead atoms. The lowest BCUT2D eigenvalue weighted by Gasteiger charge is -2.45. The van der Waals surface area contributed by atoms with Crippen LogP contribution in [0.4, 0.5) is 0 Å². The Kier molecular flexibility index (Phi) is 4.36. The molecular weight excluding hydrogens is 184 g/mol. The van der Waals surface area contributed by atoms with Crippen molar-refractivity contribution in [1.29, 1.82) is 0 Å². The fourth-order valence-electron chi connectivity index (χ4n) is 3.33. The molecule has 0 aromatic carbocycles. The number of rotatable bonds is 4. The summed E-state index contributed by atoms with van der Waals surface area (Å²) in [5.41, 5.74) is 0.0156. The SMILES string of the molecule is CCC(C)C1(C(C)CC)CCCCC1=O. The third-order valence-electron chi connectivity index (χ3n) is 4.75. The summed E-state index contributed by atoms with van der Waals surface area (Å²) in [6, 6.07) is 0. The van der Waals surface area contributed by atoms with Crippen LogP contribution in [0.2, 0.25) is 0 Å². The predicted octanol–water partition coefficient (Wildman–Crippen LogP) is 4.21. The third kappa shape index (κ3) is 2.11. The lowest BCUT2D eigenvalue weighted by atomic mass is 9.58. The standard InChI is InChI=1S/C14H26O/c1-5-11(3)14(12(4)6-2)10-8-7-9-13(14)15/h11-12H,5-10H2,1-4H3. The predicted molar refractivity (Wildman–Crippen MR) is 64.8 cm³/mol. The zero-order valence-corrected chi connectivity index (χ0v) is 10.8. The second kappa shape index (κ2) is 5.14. The van der Waals surface area contributed by atoms with Crippen molar-refractivity contribution in [2.75, 3.05) is 0 Å². The molecule has 0 radical (unpaired) electrons. The fraction of sp³-hybridized carbons (Fsp3) is 0.929. The first-order valence-electron chi connectivity index (χ1n) is 6.62. The Morgan fingerprint density at radius 1 is 1.13 bits per heavy atom. The number of hydrogen-bond donors (Lipinski definition) is 0. The second-order valence-corrected chi connectivity index (χ2v) is 5.29. The highest BCUT2D eigenvalue weighted by Gasteiger charge is 2.46. The maximum absolute atomic E-state index is 12.3. The Morgan fingerprint density at radius 2 is 1.67 bits per heavy atom. The first-order chi connectivity index (χ1) is 7.09. The van der Waals surface area contributed by atoms with Crippen molar-refractivity contribution in [3.05, 3.63) is 0 Å². The molecular formula is C14H26O. The number of carbonyl (C=O) groups excluding carboxylic acids is 1. The van der Waals surface area contributed by atoms with Gasteiger partial charge in [-0.05, 0) is 24.7 Å². The summed E-state index contributed by atoms with van der Waals surface area (Å²) in [4.78, 5) is 12.3. The van der Waals surface area contributed by atoms with Gasteiger partial charge < -0.3 is 0 Å². The molecule has 1 fully saturated rings. The molecule has 1 saturated carbocycles. The van der Waals surface area contributed by atoms with Crippen LogP contribution in [-0.2, 0) is 4.79 Å². The first-order valence-corrected chi connectivity index (χ1v) is 6.62. The molecule has 2 unspecified atom stereocenters. The molecule has 1 nitrogen and oxygen atoms in total. The molecule has 0 aromatic heterocycles. The molecule has 0 saturated heterocycles. The summed E-state index contributed by atoms with van der Waals surface area (Å²) in [5.74, 6) is 1.66.